The lowest BCUT2D eigenvalue weighted by Crippen LogP contribution is -2.43. The molecule has 90 valence electrons. The Kier molecular flexibility index (Phi) is 3.33. The molecule has 3 nitrogen and oxygen atoms in total. The van der Waals surface area contributed by atoms with Crippen LogP contribution >= 0.6 is 0 Å². The molecule has 0 spiro atoms. The fourth-order valence-corrected chi connectivity index (χ4v) is 2.67. The predicted molar refractivity (Wildman–Crippen MR) is 66.2 cm³/mol. The van der Waals surface area contributed by atoms with E-state index in [9.17, 15) is 0 Å². The van der Waals surface area contributed by atoms with E-state index in [1.54, 1.807) is 0 Å². The molecule has 16 heavy (non-hydrogen) atoms. The zero-order valence-corrected chi connectivity index (χ0v) is 10.6. The highest BCUT2D eigenvalue weighted by atomic mass is 15.0. The van der Waals surface area contributed by atoms with E-state index in [2.05, 4.69) is 29.1 Å². The summed E-state index contributed by atoms with van der Waals surface area (Å²) in [5.41, 5.74) is 1.63. The average Bonchev–Trinajstić information content (AvgIpc) is 2.62. The number of aromatic nitrogens is 2. The second kappa shape index (κ2) is 4.58. The zero-order chi connectivity index (χ0) is 11.6. The van der Waals surface area contributed by atoms with Crippen LogP contribution < -0.4 is 5.32 Å². The Morgan fingerprint density at radius 1 is 1.50 bits per heavy atom. The van der Waals surface area contributed by atoms with Crippen LogP contribution in [0.15, 0.2) is 6.20 Å². The summed E-state index contributed by atoms with van der Waals surface area (Å²) < 4.78 is 0. The molecule has 1 aromatic heterocycles. The van der Waals surface area contributed by atoms with Crippen molar-refractivity contribution in [3.8, 4) is 0 Å². The summed E-state index contributed by atoms with van der Waals surface area (Å²) in [6, 6.07) is 0.643. The van der Waals surface area contributed by atoms with Gasteiger partial charge in [-0.2, -0.15) is 0 Å². The minimum absolute atomic E-state index is 0.438. The normalized spacial score (nSPS) is 24.6. The van der Waals surface area contributed by atoms with E-state index in [-0.39, 0.29) is 0 Å². The van der Waals surface area contributed by atoms with E-state index in [1.165, 1.54) is 31.4 Å². The molecular formula is C13H23N3. The van der Waals surface area contributed by atoms with Crippen molar-refractivity contribution in [2.75, 3.05) is 0 Å². The second-order valence-electron chi connectivity index (χ2n) is 5.66. The van der Waals surface area contributed by atoms with Crippen LogP contribution in [0.5, 0.6) is 0 Å². The summed E-state index contributed by atoms with van der Waals surface area (Å²) >= 11 is 0. The molecule has 0 radical (unpaired) electrons. The van der Waals surface area contributed by atoms with Gasteiger partial charge in [-0.25, -0.2) is 4.98 Å². The van der Waals surface area contributed by atoms with Gasteiger partial charge in [0.25, 0.3) is 0 Å². The van der Waals surface area contributed by atoms with E-state index >= 15 is 0 Å². The van der Waals surface area contributed by atoms with Crippen LogP contribution in [0.3, 0.4) is 0 Å². The van der Waals surface area contributed by atoms with Gasteiger partial charge in [-0.05, 0) is 25.2 Å². The topological polar surface area (TPSA) is 40.7 Å². The van der Waals surface area contributed by atoms with Gasteiger partial charge >= 0.3 is 0 Å². The Labute approximate surface area is 98.1 Å². The predicted octanol–water partition coefficient (Wildman–Crippen LogP) is 2.78. The standard InChI is InChI=1S/C13H23N3/c1-10-14-8-11(16-10)9-15-12-6-4-5-7-13(12,2)3/h8,12,15H,4-7,9H2,1-3H3,(H,14,16). The van der Waals surface area contributed by atoms with E-state index in [1.807, 2.05) is 13.1 Å². The number of rotatable bonds is 3. The Morgan fingerprint density at radius 2 is 2.31 bits per heavy atom. The molecule has 1 atom stereocenters. The van der Waals surface area contributed by atoms with E-state index in [4.69, 9.17) is 0 Å². The van der Waals surface area contributed by atoms with Crippen LogP contribution in [0.2, 0.25) is 0 Å². The van der Waals surface area contributed by atoms with Crippen molar-refractivity contribution >= 4 is 0 Å². The Balaban J connectivity index is 1.89. The highest BCUT2D eigenvalue weighted by Crippen LogP contribution is 2.35. The molecule has 0 bridgehead atoms. The number of nitrogens with one attached hydrogen (secondary N) is 2. The van der Waals surface area contributed by atoms with Gasteiger partial charge in [0.1, 0.15) is 5.82 Å². The number of nitrogens with zero attached hydrogens (tertiary/aromatic N) is 1. The van der Waals surface area contributed by atoms with Crippen molar-refractivity contribution in [2.24, 2.45) is 5.41 Å². The van der Waals surface area contributed by atoms with Crippen LogP contribution in [0.1, 0.15) is 51.0 Å². The lowest BCUT2D eigenvalue weighted by Gasteiger charge is -2.39. The molecule has 1 unspecified atom stereocenters. The van der Waals surface area contributed by atoms with E-state index < -0.39 is 0 Å². The fourth-order valence-electron chi connectivity index (χ4n) is 2.67. The highest BCUT2D eigenvalue weighted by molar-refractivity contribution is 5.00. The third-order valence-electron chi connectivity index (χ3n) is 3.80. The molecule has 1 aromatic rings. The monoisotopic (exact) mass is 221 g/mol. The first kappa shape index (κ1) is 11.6. The quantitative estimate of drug-likeness (QED) is 0.824. The Morgan fingerprint density at radius 3 is 2.94 bits per heavy atom. The second-order valence-corrected chi connectivity index (χ2v) is 5.66. The first-order valence-corrected chi connectivity index (χ1v) is 6.32. The third kappa shape index (κ3) is 2.64. The minimum Gasteiger partial charge on any atom is -0.345 e. The third-order valence-corrected chi connectivity index (χ3v) is 3.80. The highest BCUT2D eigenvalue weighted by Gasteiger charge is 2.31. The molecule has 0 saturated heterocycles. The van der Waals surface area contributed by atoms with Crippen LogP contribution in [0.4, 0.5) is 0 Å². The maximum atomic E-state index is 4.22. The van der Waals surface area contributed by atoms with Crippen LogP contribution in [-0.2, 0) is 6.54 Å². The molecule has 0 aliphatic heterocycles. The van der Waals surface area contributed by atoms with Gasteiger partial charge in [0.05, 0.1) is 0 Å². The van der Waals surface area contributed by atoms with Gasteiger partial charge in [0.2, 0.25) is 0 Å². The number of aromatic amines is 1. The molecule has 3 heteroatoms. The summed E-state index contributed by atoms with van der Waals surface area (Å²) in [5.74, 6) is 1.000. The smallest absolute Gasteiger partial charge is 0.103 e. The zero-order valence-electron chi connectivity index (χ0n) is 10.6. The van der Waals surface area contributed by atoms with Gasteiger partial charge in [-0.3, -0.25) is 0 Å². The largest absolute Gasteiger partial charge is 0.345 e. The van der Waals surface area contributed by atoms with Gasteiger partial charge in [0, 0.05) is 24.5 Å². The molecule has 1 saturated carbocycles. The number of hydrogen-bond acceptors (Lipinski definition) is 2. The SMILES string of the molecule is Cc1ncc(CNC2CCCCC2(C)C)[nH]1. The maximum Gasteiger partial charge on any atom is 0.103 e. The van der Waals surface area contributed by atoms with Crippen molar-refractivity contribution in [2.45, 2.75) is 59.0 Å². The van der Waals surface area contributed by atoms with Gasteiger partial charge < -0.3 is 10.3 Å². The fraction of sp³-hybridized carbons (Fsp3) is 0.769. The van der Waals surface area contributed by atoms with Crippen molar-refractivity contribution < 1.29 is 0 Å². The van der Waals surface area contributed by atoms with E-state index in [0.717, 1.165) is 12.4 Å². The molecule has 1 aliphatic rings. The molecule has 0 aromatic carbocycles. The van der Waals surface area contributed by atoms with Crippen molar-refractivity contribution in [3.05, 3.63) is 17.7 Å². The molecule has 1 fully saturated rings. The minimum atomic E-state index is 0.438. The Bertz CT molecular complexity index is 341. The molecule has 2 N–H and O–H groups in total. The number of imidazole rings is 1. The maximum absolute atomic E-state index is 4.22. The van der Waals surface area contributed by atoms with Crippen molar-refractivity contribution in [1.82, 2.24) is 15.3 Å². The molecule has 1 heterocycles. The molecule has 1 aliphatic carbocycles. The summed E-state index contributed by atoms with van der Waals surface area (Å²) in [5, 5.41) is 3.67. The Hall–Kier alpha value is -0.830. The van der Waals surface area contributed by atoms with Gasteiger partial charge in [-0.15, -0.1) is 0 Å². The average molecular weight is 221 g/mol. The number of hydrogen-bond donors (Lipinski definition) is 2. The summed E-state index contributed by atoms with van der Waals surface area (Å²) in [7, 11) is 0. The van der Waals surface area contributed by atoms with Gasteiger partial charge in [0.15, 0.2) is 0 Å². The molecule has 0 amide bonds. The molecular weight excluding hydrogens is 198 g/mol. The number of H-pyrrole nitrogens is 1. The van der Waals surface area contributed by atoms with E-state index in [0.29, 0.717) is 11.5 Å². The summed E-state index contributed by atoms with van der Waals surface area (Å²) in [6.45, 7) is 7.66. The first-order chi connectivity index (χ1) is 7.58. The summed E-state index contributed by atoms with van der Waals surface area (Å²) in [6.07, 6.45) is 7.32. The van der Waals surface area contributed by atoms with Crippen LogP contribution in [-0.4, -0.2) is 16.0 Å². The van der Waals surface area contributed by atoms with Crippen molar-refractivity contribution in [1.29, 1.82) is 0 Å². The first-order valence-electron chi connectivity index (χ1n) is 6.32. The van der Waals surface area contributed by atoms with Crippen LogP contribution in [0.25, 0.3) is 0 Å². The number of aryl methyl sites for hydroxylation is 1. The summed E-state index contributed by atoms with van der Waals surface area (Å²) in [4.78, 5) is 7.49. The lowest BCUT2D eigenvalue weighted by molar-refractivity contribution is 0.166. The van der Waals surface area contributed by atoms with Crippen molar-refractivity contribution in [3.63, 3.8) is 0 Å². The molecule has 2 rings (SSSR count). The van der Waals surface area contributed by atoms with Crippen LogP contribution in [0, 0.1) is 12.3 Å². The van der Waals surface area contributed by atoms with Gasteiger partial charge in [-0.1, -0.05) is 26.7 Å². The lowest BCUT2D eigenvalue weighted by atomic mass is 9.73.